The van der Waals surface area contributed by atoms with E-state index in [0.29, 0.717) is 6.54 Å². The first-order valence-electron chi connectivity index (χ1n) is 5.36. The molecule has 4 heteroatoms. The van der Waals surface area contributed by atoms with Crippen LogP contribution in [-0.2, 0) is 13.1 Å². The van der Waals surface area contributed by atoms with Gasteiger partial charge in [-0.3, -0.25) is 4.98 Å². The van der Waals surface area contributed by atoms with Crippen molar-refractivity contribution in [2.45, 2.75) is 13.1 Å². The number of hydrogen-bond donors (Lipinski definition) is 3. The van der Waals surface area contributed by atoms with Crippen LogP contribution in [-0.4, -0.2) is 15.2 Å². The molecule has 0 spiro atoms. The molecule has 0 amide bonds. The second-order valence-electron chi connectivity index (χ2n) is 3.79. The highest BCUT2D eigenvalue weighted by molar-refractivity contribution is 5.40. The Morgan fingerprint density at radius 3 is 2.53 bits per heavy atom. The highest BCUT2D eigenvalue weighted by atomic mass is 16.3. The molecule has 0 aliphatic carbocycles. The number of phenolic OH excluding ortho intramolecular Hbond substituents is 2. The van der Waals surface area contributed by atoms with E-state index in [9.17, 15) is 5.11 Å². The second kappa shape index (κ2) is 5.32. The van der Waals surface area contributed by atoms with Crippen LogP contribution in [0.1, 0.15) is 11.1 Å². The first-order chi connectivity index (χ1) is 8.25. The Kier molecular flexibility index (Phi) is 3.57. The van der Waals surface area contributed by atoms with Gasteiger partial charge in [-0.1, -0.05) is 12.1 Å². The molecule has 88 valence electrons. The van der Waals surface area contributed by atoms with Gasteiger partial charge in [-0.15, -0.1) is 0 Å². The van der Waals surface area contributed by atoms with E-state index >= 15 is 0 Å². The van der Waals surface area contributed by atoms with Crippen molar-refractivity contribution in [3.8, 4) is 11.5 Å². The topological polar surface area (TPSA) is 65.4 Å². The van der Waals surface area contributed by atoms with Crippen molar-refractivity contribution < 1.29 is 10.2 Å². The molecule has 0 atom stereocenters. The van der Waals surface area contributed by atoms with Crippen LogP contribution in [0.15, 0.2) is 42.7 Å². The van der Waals surface area contributed by atoms with Crippen molar-refractivity contribution in [2.75, 3.05) is 0 Å². The Hall–Kier alpha value is -2.07. The molecule has 0 aliphatic rings. The molecule has 3 N–H and O–H groups in total. The molecule has 2 rings (SSSR count). The zero-order valence-electron chi connectivity index (χ0n) is 9.30. The van der Waals surface area contributed by atoms with E-state index in [0.717, 1.165) is 17.7 Å². The number of pyridine rings is 1. The van der Waals surface area contributed by atoms with Crippen molar-refractivity contribution in [3.05, 3.63) is 53.9 Å². The van der Waals surface area contributed by atoms with Crippen LogP contribution < -0.4 is 5.32 Å². The number of nitrogens with zero attached hydrogens (tertiary/aromatic N) is 1. The van der Waals surface area contributed by atoms with Gasteiger partial charge in [0.15, 0.2) is 11.5 Å². The largest absolute Gasteiger partial charge is 0.504 e. The average molecular weight is 230 g/mol. The Labute approximate surface area is 99.6 Å². The number of hydrogen-bond acceptors (Lipinski definition) is 4. The number of aromatic nitrogens is 1. The van der Waals surface area contributed by atoms with Crippen molar-refractivity contribution in [1.82, 2.24) is 10.3 Å². The minimum absolute atomic E-state index is 0.0920. The highest BCUT2D eigenvalue weighted by Gasteiger charge is 2.00. The number of nitrogens with one attached hydrogen (secondary N) is 1. The minimum atomic E-state index is -0.0963. The Balaban J connectivity index is 1.88. The van der Waals surface area contributed by atoms with Crippen LogP contribution >= 0.6 is 0 Å². The first kappa shape index (κ1) is 11.4. The summed E-state index contributed by atoms with van der Waals surface area (Å²) >= 11 is 0. The quantitative estimate of drug-likeness (QED) is 0.700. The molecule has 0 saturated carbocycles. The number of phenols is 2. The maximum Gasteiger partial charge on any atom is 0.157 e. The van der Waals surface area contributed by atoms with Gasteiger partial charge in [0.05, 0.1) is 0 Å². The van der Waals surface area contributed by atoms with Gasteiger partial charge in [-0.2, -0.15) is 0 Å². The molecule has 1 aromatic heterocycles. The first-order valence-corrected chi connectivity index (χ1v) is 5.36. The van der Waals surface area contributed by atoms with Gasteiger partial charge < -0.3 is 15.5 Å². The Bertz CT molecular complexity index is 486. The Morgan fingerprint density at radius 2 is 1.82 bits per heavy atom. The molecule has 4 nitrogen and oxygen atoms in total. The van der Waals surface area contributed by atoms with Gasteiger partial charge in [-0.05, 0) is 29.3 Å². The van der Waals surface area contributed by atoms with Crippen LogP contribution in [0.4, 0.5) is 0 Å². The van der Waals surface area contributed by atoms with Gasteiger partial charge in [0, 0.05) is 25.5 Å². The van der Waals surface area contributed by atoms with Gasteiger partial charge in [0.2, 0.25) is 0 Å². The molecule has 0 aliphatic heterocycles. The summed E-state index contributed by atoms with van der Waals surface area (Å²) in [4.78, 5) is 4.02. The van der Waals surface area contributed by atoms with Crippen LogP contribution in [0.5, 0.6) is 11.5 Å². The lowest BCUT2D eigenvalue weighted by molar-refractivity contribution is 0.403. The third-order valence-corrected chi connectivity index (χ3v) is 2.42. The van der Waals surface area contributed by atoms with Crippen LogP contribution in [0, 0.1) is 0 Å². The van der Waals surface area contributed by atoms with Crippen molar-refractivity contribution in [1.29, 1.82) is 0 Å². The molecule has 0 fully saturated rings. The third-order valence-electron chi connectivity index (χ3n) is 2.42. The average Bonchev–Trinajstić information content (AvgIpc) is 2.35. The molecule has 0 saturated heterocycles. The standard InChI is InChI=1S/C13H14N2O2/c16-12-4-3-10(6-13(12)17)7-15-9-11-2-1-5-14-8-11/h1-6,8,15-17H,7,9H2. The lowest BCUT2D eigenvalue weighted by Crippen LogP contribution is -2.12. The van der Waals surface area contributed by atoms with E-state index in [1.165, 1.54) is 6.07 Å². The molecular formula is C13H14N2O2. The summed E-state index contributed by atoms with van der Waals surface area (Å²) in [5.74, 6) is -0.188. The number of rotatable bonds is 4. The summed E-state index contributed by atoms with van der Waals surface area (Å²) in [7, 11) is 0. The molecule has 0 unspecified atom stereocenters. The van der Waals surface area contributed by atoms with E-state index in [1.807, 2.05) is 12.1 Å². The fourth-order valence-electron chi connectivity index (χ4n) is 1.53. The normalized spacial score (nSPS) is 10.4. The van der Waals surface area contributed by atoms with E-state index in [4.69, 9.17) is 5.11 Å². The molecule has 0 radical (unpaired) electrons. The fourth-order valence-corrected chi connectivity index (χ4v) is 1.53. The summed E-state index contributed by atoms with van der Waals surface area (Å²) in [6, 6.07) is 8.69. The van der Waals surface area contributed by atoms with Gasteiger partial charge in [0.1, 0.15) is 0 Å². The maximum absolute atomic E-state index is 9.33. The predicted octanol–water partition coefficient (Wildman–Crippen LogP) is 1.78. The van der Waals surface area contributed by atoms with E-state index in [-0.39, 0.29) is 11.5 Å². The van der Waals surface area contributed by atoms with Gasteiger partial charge in [-0.25, -0.2) is 0 Å². The van der Waals surface area contributed by atoms with Gasteiger partial charge >= 0.3 is 0 Å². The number of benzene rings is 1. The highest BCUT2D eigenvalue weighted by Crippen LogP contribution is 2.24. The maximum atomic E-state index is 9.33. The molecular weight excluding hydrogens is 216 g/mol. The molecule has 17 heavy (non-hydrogen) atoms. The monoisotopic (exact) mass is 230 g/mol. The van der Waals surface area contributed by atoms with Crippen molar-refractivity contribution in [2.24, 2.45) is 0 Å². The Morgan fingerprint density at radius 1 is 1.00 bits per heavy atom. The molecule has 2 aromatic rings. The molecule has 1 heterocycles. The fraction of sp³-hybridized carbons (Fsp3) is 0.154. The summed E-state index contributed by atoms with van der Waals surface area (Å²) in [5.41, 5.74) is 2.03. The number of aromatic hydroxyl groups is 2. The lowest BCUT2D eigenvalue weighted by atomic mass is 10.2. The summed E-state index contributed by atoms with van der Waals surface area (Å²) < 4.78 is 0. The zero-order chi connectivity index (χ0) is 12.1. The second-order valence-corrected chi connectivity index (χ2v) is 3.79. The summed E-state index contributed by atoms with van der Waals surface area (Å²) in [6.45, 7) is 1.35. The van der Waals surface area contributed by atoms with Crippen LogP contribution in [0.3, 0.4) is 0 Å². The predicted molar refractivity (Wildman–Crippen MR) is 64.6 cm³/mol. The van der Waals surface area contributed by atoms with Crippen molar-refractivity contribution in [3.63, 3.8) is 0 Å². The lowest BCUT2D eigenvalue weighted by Gasteiger charge is -2.06. The van der Waals surface area contributed by atoms with Gasteiger partial charge in [0.25, 0.3) is 0 Å². The summed E-state index contributed by atoms with van der Waals surface area (Å²) in [6.07, 6.45) is 3.54. The smallest absolute Gasteiger partial charge is 0.157 e. The van der Waals surface area contributed by atoms with Crippen LogP contribution in [0.25, 0.3) is 0 Å². The molecule has 1 aromatic carbocycles. The van der Waals surface area contributed by atoms with E-state index in [1.54, 1.807) is 24.5 Å². The minimum Gasteiger partial charge on any atom is -0.504 e. The molecule has 0 bridgehead atoms. The van der Waals surface area contributed by atoms with Crippen molar-refractivity contribution >= 4 is 0 Å². The third kappa shape index (κ3) is 3.19. The summed E-state index contributed by atoms with van der Waals surface area (Å²) in [5, 5.41) is 21.7. The van der Waals surface area contributed by atoms with E-state index < -0.39 is 0 Å². The van der Waals surface area contributed by atoms with E-state index in [2.05, 4.69) is 10.3 Å². The zero-order valence-corrected chi connectivity index (χ0v) is 9.30. The SMILES string of the molecule is Oc1ccc(CNCc2cccnc2)cc1O. The van der Waals surface area contributed by atoms with Crippen LogP contribution in [0.2, 0.25) is 0 Å².